The van der Waals surface area contributed by atoms with Crippen LogP contribution in [0.5, 0.6) is 5.75 Å². The summed E-state index contributed by atoms with van der Waals surface area (Å²) in [6.45, 7) is 6.02. The number of carbonyl (C=O) groups excluding carboxylic acids is 1. The van der Waals surface area contributed by atoms with E-state index in [2.05, 4.69) is 15.9 Å². The average molecular weight is 363 g/mol. The topological polar surface area (TPSA) is 35.5 Å². The molecule has 0 heterocycles. The minimum atomic E-state index is -0.359. The van der Waals surface area contributed by atoms with Crippen LogP contribution in [0.3, 0.4) is 0 Å². The van der Waals surface area contributed by atoms with Gasteiger partial charge in [-0.05, 0) is 54.4 Å². The summed E-state index contributed by atoms with van der Waals surface area (Å²) in [5, 5.41) is 0. The van der Waals surface area contributed by atoms with Crippen LogP contribution >= 0.6 is 15.9 Å². The largest absolute Gasteiger partial charge is 0.491 e. The van der Waals surface area contributed by atoms with E-state index in [1.807, 2.05) is 63.2 Å². The Bertz CT molecular complexity index is 651. The lowest BCUT2D eigenvalue weighted by molar-refractivity contribution is 0.0470. The Balaban J connectivity index is 2.18. The first-order valence-corrected chi connectivity index (χ1v) is 7.95. The molecule has 0 atom stereocenters. The molecule has 0 saturated heterocycles. The number of benzene rings is 2. The van der Waals surface area contributed by atoms with Crippen molar-refractivity contribution in [2.24, 2.45) is 0 Å². The van der Waals surface area contributed by atoms with Crippen LogP contribution < -0.4 is 4.74 Å². The Hall–Kier alpha value is -1.81. The van der Waals surface area contributed by atoms with Crippen molar-refractivity contribution < 1.29 is 14.3 Å². The van der Waals surface area contributed by atoms with Crippen LogP contribution in [-0.2, 0) is 11.3 Å². The molecule has 3 nitrogen and oxygen atoms in total. The number of esters is 1. The summed E-state index contributed by atoms with van der Waals surface area (Å²) < 4.78 is 11.8. The van der Waals surface area contributed by atoms with Crippen LogP contribution in [0.2, 0.25) is 0 Å². The fourth-order valence-electron chi connectivity index (χ4n) is 2.09. The molecule has 0 saturated carbocycles. The first-order chi connectivity index (χ1) is 10.5. The molecule has 0 aliphatic heterocycles. The summed E-state index contributed by atoms with van der Waals surface area (Å²) in [6, 6.07) is 13.3. The highest BCUT2D eigenvalue weighted by atomic mass is 79.9. The van der Waals surface area contributed by atoms with Crippen LogP contribution in [0.15, 0.2) is 46.9 Å². The molecule has 0 bridgehead atoms. The summed E-state index contributed by atoms with van der Waals surface area (Å²) in [4.78, 5) is 12.4. The Kier molecular flexibility index (Phi) is 5.61. The zero-order valence-electron chi connectivity index (χ0n) is 12.9. The summed E-state index contributed by atoms with van der Waals surface area (Å²) >= 11 is 3.42. The maximum Gasteiger partial charge on any atom is 0.340 e. The second-order valence-corrected chi connectivity index (χ2v) is 6.13. The fourth-order valence-corrected chi connectivity index (χ4v) is 2.68. The highest BCUT2D eigenvalue weighted by Crippen LogP contribution is 2.30. The smallest absolute Gasteiger partial charge is 0.340 e. The first kappa shape index (κ1) is 16.6. The third-order valence-electron chi connectivity index (χ3n) is 3.14. The molecule has 0 fully saturated rings. The van der Waals surface area contributed by atoms with E-state index in [4.69, 9.17) is 9.47 Å². The third kappa shape index (κ3) is 4.10. The Labute approximate surface area is 139 Å². The van der Waals surface area contributed by atoms with Crippen LogP contribution in [-0.4, -0.2) is 12.1 Å². The molecule has 0 radical (unpaired) electrons. The Morgan fingerprint density at radius 1 is 1.14 bits per heavy atom. The Morgan fingerprint density at radius 3 is 2.45 bits per heavy atom. The van der Waals surface area contributed by atoms with Crippen molar-refractivity contribution in [3.63, 3.8) is 0 Å². The van der Waals surface area contributed by atoms with E-state index in [0.717, 1.165) is 11.1 Å². The molecule has 0 aromatic heterocycles. The second kappa shape index (κ2) is 7.45. The molecule has 2 rings (SSSR count). The van der Waals surface area contributed by atoms with Crippen molar-refractivity contribution in [1.82, 2.24) is 0 Å². The van der Waals surface area contributed by atoms with Crippen molar-refractivity contribution in [3.05, 3.63) is 63.6 Å². The minimum absolute atomic E-state index is 0.0491. The van der Waals surface area contributed by atoms with E-state index in [0.29, 0.717) is 15.8 Å². The molecule has 0 amide bonds. The summed E-state index contributed by atoms with van der Waals surface area (Å²) in [7, 11) is 0. The first-order valence-electron chi connectivity index (χ1n) is 7.16. The SMILES string of the molecule is Cc1c(OC(C)C)ccc(Br)c1C(=O)OCc1ccccc1. The van der Waals surface area contributed by atoms with Gasteiger partial charge in [-0.3, -0.25) is 0 Å². The molecular formula is C18H19BrO3. The third-order valence-corrected chi connectivity index (χ3v) is 3.80. The van der Waals surface area contributed by atoms with Crippen molar-refractivity contribution in [2.45, 2.75) is 33.5 Å². The quantitative estimate of drug-likeness (QED) is 0.709. The van der Waals surface area contributed by atoms with Crippen LogP contribution in [0.1, 0.15) is 35.3 Å². The molecule has 116 valence electrons. The van der Waals surface area contributed by atoms with Crippen molar-refractivity contribution in [3.8, 4) is 5.75 Å². The molecule has 2 aromatic rings. The van der Waals surface area contributed by atoms with Crippen LogP contribution in [0.25, 0.3) is 0 Å². The number of halogens is 1. The standard InChI is InChI=1S/C18H19BrO3/c1-12(2)22-16-10-9-15(19)17(13(16)3)18(20)21-11-14-7-5-4-6-8-14/h4-10,12H,11H2,1-3H3. The van der Waals surface area contributed by atoms with Gasteiger partial charge in [0, 0.05) is 10.0 Å². The normalized spacial score (nSPS) is 10.6. The van der Waals surface area contributed by atoms with E-state index in [-0.39, 0.29) is 18.7 Å². The Morgan fingerprint density at radius 2 is 1.82 bits per heavy atom. The maximum absolute atomic E-state index is 12.4. The number of ether oxygens (including phenoxy) is 2. The van der Waals surface area contributed by atoms with Gasteiger partial charge >= 0.3 is 5.97 Å². The average Bonchev–Trinajstić information content (AvgIpc) is 2.49. The van der Waals surface area contributed by atoms with Crippen LogP contribution in [0.4, 0.5) is 0 Å². The molecule has 0 aliphatic rings. The second-order valence-electron chi connectivity index (χ2n) is 5.27. The van der Waals surface area contributed by atoms with Gasteiger partial charge in [0.2, 0.25) is 0 Å². The number of hydrogen-bond donors (Lipinski definition) is 0. The van der Waals surface area contributed by atoms with Crippen molar-refractivity contribution >= 4 is 21.9 Å². The lowest BCUT2D eigenvalue weighted by atomic mass is 10.1. The highest BCUT2D eigenvalue weighted by molar-refractivity contribution is 9.10. The van der Waals surface area contributed by atoms with E-state index in [9.17, 15) is 4.79 Å². The predicted octanol–water partition coefficient (Wildman–Crippen LogP) is 4.90. The zero-order chi connectivity index (χ0) is 16.1. The molecule has 22 heavy (non-hydrogen) atoms. The van der Waals surface area contributed by atoms with E-state index in [1.165, 1.54) is 0 Å². The number of hydrogen-bond acceptors (Lipinski definition) is 3. The molecule has 4 heteroatoms. The molecule has 0 N–H and O–H groups in total. The van der Waals surface area contributed by atoms with Gasteiger partial charge in [-0.15, -0.1) is 0 Å². The minimum Gasteiger partial charge on any atom is -0.491 e. The predicted molar refractivity (Wildman–Crippen MR) is 90.2 cm³/mol. The maximum atomic E-state index is 12.4. The van der Waals surface area contributed by atoms with E-state index >= 15 is 0 Å². The van der Waals surface area contributed by atoms with Gasteiger partial charge in [0.15, 0.2) is 0 Å². The monoisotopic (exact) mass is 362 g/mol. The summed E-state index contributed by atoms with van der Waals surface area (Å²) in [6.07, 6.45) is 0.0491. The molecule has 0 spiro atoms. The van der Waals surface area contributed by atoms with Gasteiger partial charge in [0.1, 0.15) is 12.4 Å². The van der Waals surface area contributed by atoms with Crippen molar-refractivity contribution in [1.29, 1.82) is 0 Å². The van der Waals surface area contributed by atoms with Gasteiger partial charge in [0.25, 0.3) is 0 Å². The lowest BCUT2D eigenvalue weighted by Crippen LogP contribution is -2.12. The van der Waals surface area contributed by atoms with Gasteiger partial charge in [-0.1, -0.05) is 30.3 Å². The van der Waals surface area contributed by atoms with Gasteiger partial charge < -0.3 is 9.47 Å². The lowest BCUT2D eigenvalue weighted by Gasteiger charge is -2.16. The molecular weight excluding hydrogens is 344 g/mol. The highest BCUT2D eigenvalue weighted by Gasteiger charge is 2.18. The summed E-state index contributed by atoms with van der Waals surface area (Å²) in [5.41, 5.74) is 2.24. The van der Waals surface area contributed by atoms with E-state index < -0.39 is 0 Å². The number of carbonyl (C=O) groups is 1. The van der Waals surface area contributed by atoms with Crippen LogP contribution in [0, 0.1) is 6.92 Å². The zero-order valence-corrected chi connectivity index (χ0v) is 14.5. The molecule has 0 aliphatic carbocycles. The van der Waals surface area contributed by atoms with Gasteiger partial charge in [-0.25, -0.2) is 4.79 Å². The van der Waals surface area contributed by atoms with E-state index in [1.54, 1.807) is 0 Å². The van der Waals surface area contributed by atoms with Crippen molar-refractivity contribution in [2.75, 3.05) is 0 Å². The van der Waals surface area contributed by atoms with Gasteiger partial charge in [0.05, 0.1) is 11.7 Å². The molecule has 0 unspecified atom stereocenters. The molecule has 2 aromatic carbocycles. The van der Waals surface area contributed by atoms with Gasteiger partial charge in [-0.2, -0.15) is 0 Å². The number of rotatable bonds is 5. The fraction of sp³-hybridized carbons (Fsp3) is 0.278. The summed E-state index contributed by atoms with van der Waals surface area (Å²) in [5.74, 6) is 0.340.